The Balaban J connectivity index is 1.95. The van der Waals surface area contributed by atoms with Gasteiger partial charge in [0.15, 0.2) is 5.78 Å². The second-order valence-corrected chi connectivity index (χ2v) is 8.14. The number of carboxylic acid groups (broad SMARTS) is 1. The average molecular weight is 467 g/mol. The Bertz CT molecular complexity index is 1330. The highest BCUT2D eigenvalue weighted by atomic mass is 32.1. The number of methoxy groups -OCH3 is 2. The van der Waals surface area contributed by atoms with Crippen molar-refractivity contribution in [2.75, 3.05) is 14.2 Å². The van der Waals surface area contributed by atoms with Crippen LogP contribution in [0, 0.1) is 0 Å². The predicted octanol–water partition coefficient (Wildman–Crippen LogP) is 4.73. The Morgan fingerprint density at radius 3 is 2.50 bits per heavy atom. The van der Waals surface area contributed by atoms with E-state index in [9.17, 15) is 14.7 Å². The fraction of sp³-hybridized carbons (Fsp3) is 0.130. The van der Waals surface area contributed by atoms with Gasteiger partial charge < -0.3 is 14.6 Å². The fourth-order valence-electron chi connectivity index (χ4n) is 3.40. The lowest BCUT2D eigenvalue weighted by molar-refractivity contribution is -0.130. The van der Waals surface area contributed by atoms with Gasteiger partial charge in [-0.3, -0.25) is 4.79 Å². The smallest absolute Gasteiger partial charge is 0.336 e. The Labute approximate surface area is 191 Å². The minimum absolute atomic E-state index is 0.0824. The Hall–Kier alpha value is -3.56. The first-order valence-electron chi connectivity index (χ1n) is 9.48. The summed E-state index contributed by atoms with van der Waals surface area (Å²) in [6.07, 6.45) is 0.150. The number of benzene rings is 2. The van der Waals surface area contributed by atoms with Crippen molar-refractivity contribution in [1.82, 2.24) is 8.75 Å². The van der Waals surface area contributed by atoms with E-state index in [0.717, 1.165) is 17.3 Å². The molecular weight excluding hydrogens is 448 g/mol. The van der Waals surface area contributed by atoms with Crippen LogP contribution in [0.1, 0.15) is 21.5 Å². The highest BCUT2D eigenvalue weighted by molar-refractivity contribution is 7.08. The van der Waals surface area contributed by atoms with Crippen LogP contribution >= 0.6 is 23.1 Å². The molecule has 32 heavy (non-hydrogen) atoms. The normalized spacial score (nSPS) is 11.8. The molecule has 4 rings (SSSR count). The summed E-state index contributed by atoms with van der Waals surface area (Å²) in [5, 5.41) is 14.0. The zero-order chi connectivity index (χ0) is 22.7. The molecular formula is C23H18N2O5S2. The standard InChI is InChI=1S/C23H18N2O5S2/c1-29-15-4-6-20(30-2)16(11-15)22(26)17(9-13-7-8-31-12-13)21(23(27)28)14-3-5-18-19(10-14)25-32-24-18/h3-8,10-12H,9H2,1-2H3,(H,27,28). The van der Waals surface area contributed by atoms with Gasteiger partial charge in [0.05, 0.1) is 37.1 Å². The van der Waals surface area contributed by atoms with E-state index in [1.165, 1.54) is 25.6 Å². The topological polar surface area (TPSA) is 98.6 Å². The predicted molar refractivity (Wildman–Crippen MR) is 124 cm³/mol. The fourth-order valence-corrected chi connectivity index (χ4v) is 4.58. The van der Waals surface area contributed by atoms with Crippen LogP contribution in [0.3, 0.4) is 0 Å². The second kappa shape index (κ2) is 9.29. The molecule has 7 nitrogen and oxygen atoms in total. The molecule has 9 heteroatoms. The van der Waals surface area contributed by atoms with E-state index in [0.29, 0.717) is 28.1 Å². The molecule has 0 saturated heterocycles. The lowest BCUT2D eigenvalue weighted by atomic mass is 9.89. The summed E-state index contributed by atoms with van der Waals surface area (Å²) in [6.45, 7) is 0. The van der Waals surface area contributed by atoms with Gasteiger partial charge in [0.1, 0.15) is 22.5 Å². The number of rotatable bonds is 8. The van der Waals surface area contributed by atoms with Gasteiger partial charge in [-0.05, 0) is 58.3 Å². The maximum Gasteiger partial charge on any atom is 0.336 e. The van der Waals surface area contributed by atoms with E-state index < -0.39 is 11.8 Å². The number of hydrogen-bond acceptors (Lipinski definition) is 8. The second-order valence-electron chi connectivity index (χ2n) is 6.83. The molecule has 0 spiro atoms. The number of Topliss-reactive ketones (excluding diaryl/α,β-unsaturated/α-hetero) is 1. The number of carbonyl (C=O) groups excluding carboxylic acids is 1. The third-order valence-electron chi connectivity index (χ3n) is 4.94. The van der Waals surface area contributed by atoms with E-state index in [4.69, 9.17) is 9.47 Å². The van der Waals surface area contributed by atoms with Crippen LogP contribution in [-0.4, -0.2) is 39.8 Å². The summed E-state index contributed by atoms with van der Waals surface area (Å²) in [6, 6.07) is 11.7. The molecule has 0 atom stereocenters. The Morgan fingerprint density at radius 2 is 1.81 bits per heavy atom. The Kier molecular flexibility index (Phi) is 6.29. The number of nitrogens with zero attached hydrogens (tertiary/aromatic N) is 2. The first-order chi connectivity index (χ1) is 15.5. The molecule has 0 bridgehead atoms. The van der Waals surface area contributed by atoms with Crippen molar-refractivity contribution in [3.8, 4) is 11.5 Å². The van der Waals surface area contributed by atoms with Crippen LogP contribution in [0.15, 0.2) is 58.8 Å². The molecule has 2 heterocycles. The maximum atomic E-state index is 13.8. The molecule has 0 aliphatic heterocycles. The van der Waals surface area contributed by atoms with E-state index in [2.05, 4.69) is 8.75 Å². The molecule has 2 aromatic carbocycles. The van der Waals surface area contributed by atoms with Gasteiger partial charge in [-0.1, -0.05) is 6.07 Å². The van der Waals surface area contributed by atoms with Crippen molar-refractivity contribution < 1.29 is 24.2 Å². The van der Waals surface area contributed by atoms with E-state index >= 15 is 0 Å². The highest BCUT2D eigenvalue weighted by Crippen LogP contribution is 2.32. The van der Waals surface area contributed by atoms with Crippen molar-refractivity contribution in [2.45, 2.75) is 6.42 Å². The van der Waals surface area contributed by atoms with Gasteiger partial charge in [-0.2, -0.15) is 20.1 Å². The molecule has 0 unspecified atom stereocenters. The SMILES string of the molecule is COc1ccc(OC)c(C(=O)C(Cc2ccsc2)=C(C(=O)O)c2ccc3nsnc3c2)c1. The van der Waals surface area contributed by atoms with E-state index in [1.54, 1.807) is 36.4 Å². The van der Waals surface area contributed by atoms with Crippen LogP contribution in [0.2, 0.25) is 0 Å². The lowest BCUT2D eigenvalue weighted by Crippen LogP contribution is -2.15. The summed E-state index contributed by atoms with van der Waals surface area (Å²) >= 11 is 2.53. The van der Waals surface area contributed by atoms with Crippen LogP contribution in [0.5, 0.6) is 11.5 Å². The average Bonchev–Trinajstić information content (AvgIpc) is 3.49. The molecule has 0 radical (unpaired) electrons. The number of hydrogen-bond donors (Lipinski definition) is 1. The summed E-state index contributed by atoms with van der Waals surface area (Å²) in [5.74, 6) is -0.841. The number of allylic oxidation sites excluding steroid dienone is 1. The number of carbonyl (C=O) groups is 2. The molecule has 162 valence electrons. The minimum atomic E-state index is -1.20. The number of aliphatic carboxylic acids is 1. The third-order valence-corrected chi connectivity index (χ3v) is 6.23. The summed E-state index contributed by atoms with van der Waals surface area (Å²) < 4.78 is 19.0. The van der Waals surface area contributed by atoms with Crippen molar-refractivity contribution in [2.24, 2.45) is 0 Å². The summed E-state index contributed by atoms with van der Waals surface area (Å²) in [7, 11) is 2.96. The maximum absolute atomic E-state index is 13.8. The molecule has 0 fully saturated rings. The number of aromatic nitrogens is 2. The molecule has 4 aromatic rings. The van der Waals surface area contributed by atoms with Crippen LogP contribution < -0.4 is 9.47 Å². The van der Waals surface area contributed by atoms with Crippen molar-refractivity contribution in [3.63, 3.8) is 0 Å². The van der Waals surface area contributed by atoms with Gasteiger partial charge in [0, 0.05) is 12.0 Å². The van der Waals surface area contributed by atoms with Gasteiger partial charge in [0.25, 0.3) is 0 Å². The number of carboxylic acids is 1. The highest BCUT2D eigenvalue weighted by Gasteiger charge is 2.26. The van der Waals surface area contributed by atoms with Crippen LogP contribution in [-0.2, 0) is 11.2 Å². The van der Waals surface area contributed by atoms with E-state index in [1.807, 2.05) is 16.8 Å². The Morgan fingerprint density at radius 1 is 1.00 bits per heavy atom. The number of fused-ring (bicyclic) bond motifs is 1. The van der Waals surface area contributed by atoms with Crippen LogP contribution in [0.25, 0.3) is 16.6 Å². The number of thiophene rings is 1. The first kappa shape index (κ1) is 21.7. The van der Waals surface area contributed by atoms with Gasteiger partial charge in [-0.15, -0.1) is 0 Å². The largest absolute Gasteiger partial charge is 0.497 e. The third kappa shape index (κ3) is 4.25. The molecule has 0 amide bonds. The zero-order valence-electron chi connectivity index (χ0n) is 17.2. The molecule has 1 N–H and O–H groups in total. The van der Waals surface area contributed by atoms with Crippen molar-refractivity contribution >= 4 is 51.4 Å². The molecule has 0 saturated carbocycles. The zero-order valence-corrected chi connectivity index (χ0v) is 18.8. The first-order valence-corrected chi connectivity index (χ1v) is 11.2. The number of ether oxygens (including phenoxy) is 2. The van der Waals surface area contributed by atoms with E-state index in [-0.39, 0.29) is 23.1 Å². The van der Waals surface area contributed by atoms with Crippen molar-refractivity contribution in [1.29, 1.82) is 0 Å². The lowest BCUT2D eigenvalue weighted by Gasteiger charge is -2.15. The quantitative estimate of drug-likeness (QED) is 0.296. The molecule has 0 aliphatic carbocycles. The molecule has 2 aromatic heterocycles. The monoisotopic (exact) mass is 466 g/mol. The number of ketones is 1. The van der Waals surface area contributed by atoms with Crippen molar-refractivity contribution in [3.05, 3.63) is 75.5 Å². The van der Waals surface area contributed by atoms with Gasteiger partial charge in [0.2, 0.25) is 0 Å². The van der Waals surface area contributed by atoms with Gasteiger partial charge >= 0.3 is 5.97 Å². The summed E-state index contributed by atoms with van der Waals surface area (Å²) in [5.41, 5.74) is 2.77. The minimum Gasteiger partial charge on any atom is -0.497 e. The molecule has 0 aliphatic rings. The summed E-state index contributed by atoms with van der Waals surface area (Å²) in [4.78, 5) is 26.2. The van der Waals surface area contributed by atoms with Gasteiger partial charge in [-0.25, -0.2) is 4.79 Å². The van der Waals surface area contributed by atoms with Crippen LogP contribution in [0.4, 0.5) is 0 Å².